The number of benzene rings is 2. The van der Waals surface area contributed by atoms with Crippen molar-refractivity contribution in [1.82, 2.24) is 0 Å². The molecule has 2 aromatic rings. The zero-order valence-corrected chi connectivity index (χ0v) is 15.4. The molecule has 7 nitrogen and oxygen atoms in total. The molecule has 0 saturated carbocycles. The molecule has 0 bridgehead atoms. The zero-order chi connectivity index (χ0) is 19.4. The Morgan fingerprint density at radius 1 is 1.15 bits per heavy atom. The van der Waals surface area contributed by atoms with Crippen molar-refractivity contribution in [1.29, 1.82) is 0 Å². The third-order valence-corrected chi connectivity index (χ3v) is 3.44. The fourth-order valence-electron chi connectivity index (χ4n) is 1.90. The van der Waals surface area contributed by atoms with Crippen LogP contribution in [0.1, 0.15) is 5.56 Å². The number of likely N-dealkylation sites (N-methyl/N-ethyl adjacent to an activating group) is 1. The van der Waals surface area contributed by atoms with Crippen LogP contribution in [0.3, 0.4) is 0 Å². The summed E-state index contributed by atoms with van der Waals surface area (Å²) < 4.78 is 9.50. The Morgan fingerprint density at radius 2 is 1.77 bits per heavy atom. The van der Waals surface area contributed by atoms with Crippen LogP contribution in [-0.4, -0.2) is 37.7 Å². The van der Waals surface area contributed by atoms with Crippen LogP contribution < -0.4 is 4.90 Å². The molecule has 0 radical (unpaired) electrons. The van der Waals surface area contributed by atoms with Crippen LogP contribution in [-0.2, 0) is 16.1 Å². The van der Waals surface area contributed by atoms with E-state index < -0.39 is 10.4 Å². The molecule has 0 fully saturated rings. The highest BCUT2D eigenvalue weighted by molar-refractivity contribution is 6.61. The van der Waals surface area contributed by atoms with Crippen molar-refractivity contribution < 1.29 is 19.2 Å². The van der Waals surface area contributed by atoms with E-state index in [1.165, 1.54) is 12.1 Å². The third kappa shape index (κ3) is 8.46. The zero-order valence-electron chi connectivity index (χ0n) is 14.6. The predicted molar refractivity (Wildman–Crippen MR) is 101 cm³/mol. The first-order chi connectivity index (χ1) is 12.4. The van der Waals surface area contributed by atoms with Gasteiger partial charge in [0.05, 0.1) is 11.5 Å². The number of hydrogen-bond acceptors (Lipinski definition) is 6. The number of hydrogen-bond donors (Lipinski definition) is 0. The van der Waals surface area contributed by atoms with Gasteiger partial charge in [-0.05, 0) is 17.7 Å². The van der Waals surface area contributed by atoms with E-state index in [9.17, 15) is 14.9 Å². The van der Waals surface area contributed by atoms with Gasteiger partial charge in [-0.25, -0.2) is 4.79 Å². The molecule has 0 aromatic heterocycles. The number of non-ortho nitro benzene ring substituents is 1. The number of rotatable bonds is 7. The fraction of sp³-hybridized carbons (Fsp3) is 0.278. The Balaban J connectivity index is 0.000000273. The number of ether oxygens (including phenoxy) is 2. The third-order valence-electron chi connectivity index (χ3n) is 3.33. The van der Waals surface area contributed by atoms with Gasteiger partial charge in [0.15, 0.2) is 0 Å². The molecule has 0 aliphatic heterocycles. The van der Waals surface area contributed by atoms with Crippen molar-refractivity contribution in [2.24, 2.45) is 0 Å². The molecule has 0 atom stereocenters. The molecule has 0 amide bonds. The monoisotopic (exact) mass is 380 g/mol. The van der Waals surface area contributed by atoms with Crippen molar-refractivity contribution in [2.75, 3.05) is 32.2 Å². The summed E-state index contributed by atoms with van der Waals surface area (Å²) in [6.07, 6.45) is 0. The minimum absolute atomic E-state index is 0.110. The van der Waals surface area contributed by atoms with Gasteiger partial charge >= 0.3 is 5.43 Å². The van der Waals surface area contributed by atoms with E-state index in [0.717, 1.165) is 17.8 Å². The van der Waals surface area contributed by atoms with Gasteiger partial charge in [0.25, 0.3) is 5.69 Å². The summed E-state index contributed by atoms with van der Waals surface area (Å²) in [7, 11) is 3.56. The Labute approximate surface area is 157 Å². The summed E-state index contributed by atoms with van der Waals surface area (Å²) in [5.74, 6) is 0. The average molecular weight is 381 g/mol. The first kappa shape index (κ1) is 21.4. The highest BCUT2D eigenvalue weighted by Crippen LogP contribution is 2.17. The van der Waals surface area contributed by atoms with E-state index in [1.807, 2.05) is 42.3 Å². The largest absolute Gasteiger partial charge is 0.449 e. The number of nitrogens with zero attached hydrogens (tertiary/aromatic N) is 2. The van der Waals surface area contributed by atoms with E-state index in [-0.39, 0.29) is 12.3 Å². The van der Waals surface area contributed by atoms with Crippen LogP contribution in [0.4, 0.5) is 16.2 Å². The van der Waals surface area contributed by atoms with Crippen molar-refractivity contribution in [3.05, 3.63) is 70.3 Å². The number of methoxy groups -OCH3 is 1. The van der Waals surface area contributed by atoms with Gasteiger partial charge < -0.3 is 14.4 Å². The topological polar surface area (TPSA) is 81.9 Å². The molecule has 26 heavy (non-hydrogen) atoms. The predicted octanol–water partition coefficient (Wildman–Crippen LogP) is 4.24. The lowest BCUT2D eigenvalue weighted by molar-refractivity contribution is -0.384. The van der Waals surface area contributed by atoms with Gasteiger partial charge in [-0.3, -0.25) is 10.1 Å². The number of anilines is 1. The normalized spacial score (nSPS) is 9.65. The van der Waals surface area contributed by atoms with Gasteiger partial charge in [-0.2, -0.15) is 0 Å². The second kappa shape index (κ2) is 11.8. The van der Waals surface area contributed by atoms with E-state index in [0.29, 0.717) is 6.61 Å². The number of nitro benzene ring substituents is 1. The minimum atomic E-state index is -0.770. The fourth-order valence-corrected chi connectivity index (χ4v) is 1.96. The summed E-state index contributed by atoms with van der Waals surface area (Å²) >= 11 is 4.97. The van der Waals surface area contributed by atoms with E-state index in [2.05, 4.69) is 4.74 Å². The Kier molecular flexibility index (Phi) is 9.74. The molecule has 0 aliphatic rings. The second-order valence-corrected chi connectivity index (χ2v) is 5.51. The molecule has 0 N–H and O–H groups in total. The number of carbonyl (C=O) groups excluding carboxylic acids is 1. The van der Waals surface area contributed by atoms with Crippen LogP contribution in [0.2, 0.25) is 0 Å². The first-order valence-corrected chi connectivity index (χ1v) is 8.12. The molecule has 2 aromatic carbocycles. The van der Waals surface area contributed by atoms with Gasteiger partial charge in [-0.15, -0.1) is 0 Å². The molecule has 0 aliphatic carbocycles. The van der Waals surface area contributed by atoms with Crippen molar-refractivity contribution in [3.63, 3.8) is 0 Å². The summed E-state index contributed by atoms with van der Waals surface area (Å²) in [4.78, 5) is 22.2. The van der Waals surface area contributed by atoms with Gasteiger partial charge in [-0.1, -0.05) is 30.3 Å². The van der Waals surface area contributed by atoms with Crippen molar-refractivity contribution in [2.45, 2.75) is 6.61 Å². The summed E-state index contributed by atoms with van der Waals surface area (Å²) in [6, 6.07) is 15.8. The standard InChI is InChI=1S/C10H14N2O3.C8H7ClO2/c1-11(7-8-15-2)9-3-5-10(6-4-9)12(13)14;9-8(10)11-6-7-4-2-1-3-5-7/h3-6H,7-8H2,1-2H3;1-5H,6H2. The van der Waals surface area contributed by atoms with Crippen LogP contribution in [0, 0.1) is 10.1 Å². The molecule has 2 rings (SSSR count). The quantitative estimate of drug-likeness (QED) is 0.406. The van der Waals surface area contributed by atoms with Gasteiger partial charge in [0.2, 0.25) is 0 Å². The number of nitro groups is 1. The van der Waals surface area contributed by atoms with Crippen LogP contribution in [0.15, 0.2) is 54.6 Å². The molecule has 0 heterocycles. The van der Waals surface area contributed by atoms with Crippen LogP contribution in [0.25, 0.3) is 0 Å². The molecule has 8 heteroatoms. The minimum Gasteiger partial charge on any atom is -0.449 e. The second-order valence-electron chi connectivity index (χ2n) is 5.20. The molecular weight excluding hydrogens is 360 g/mol. The van der Waals surface area contributed by atoms with Gasteiger partial charge in [0.1, 0.15) is 6.61 Å². The first-order valence-electron chi connectivity index (χ1n) is 7.74. The summed E-state index contributed by atoms with van der Waals surface area (Å²) in [6.45, 7) is 1.63. The Morgan fingerprint density at radius 3 is 2.27 bits per heavy atom. The molecule has 0 spiro atoms. The van der Waals surface area contributed by atoms with E-state index in [1.54, 1.807) is 19.2 Å². The Bertz CT molecular complexity index is 680. The molecule has 140 valence electrons. The Hall–Kier alpha value is -2.64. The maximum Gasteiger partial charge on any atom is 0.404 e. The molecular formula is C18H21ClN2O5. The maximum atomic E-state index is 10.4. The highest BCUT2D eigenvalue weighted by atomic mass is 35.5. The lowest BCUT2D eigenvalue weighted by Gasteiger charge is -2.18. The summed E-state index contributed by atoms with van der Waals surface area (Å²) in [5.41, 5.74) is 1.21. The van der Waals surface area contributed by atoms with E-state index >= 15 is 0 Å². The SMILES string of the molecule is COCCN(C)c1ccc([N+](=O)[O-])cc1.O=C(Cl)OCc1ccccc1. The smallest absolute Gasteiger partial charge is 0.404 e. The van der Waals surface area contributed by atoms with Crippen molar-refractivity contribution >= 4 is 28.4 Å². The lowest BCUT2D eigenvalue weighted by atomic mass is 10.2. The highest BCUT2D eigenvalue weighted by Gasteiger charge is 2.05. The summed E-state index contributed by atoms with van der Waals surface area (Å²) in [5, 5.41) is 10.4. The van der Waals surface area contributed by atoms with Crippen molar-refractivity contribution in [3.8, 4) is 0 Å². The average Bonchev–Trinajstić information content (AvgIpc) is 2.66. The lowest BCUT2D eigenvalue weighted by Crippen LogP contribution is -2.21. The maximum absolute atomic E-state index is 10.4. The van der Waals surface area contributed by atoms with Crippen LogP contribution in [0.5, 0.6) is 0 Å². The van der Waals surface area contributed by atoms with Crippen LogP contribution >= 0.6 is 11.6 Å². The number of halogens is 1. The molecule has 0 saturated heterocycles. The van der Waals surface area contributed by atoms with E-state index in [4.69, 9.17) is 16.3 Å². The van der Waals surface area contributed by atoms with Gasteiger partial charge in [0, 0.05) is 50.1 Å². The number of carbonyl (C=O) groups is 1. The molecule has 0 unspecified atom stereocenters.